The lowest BCUT2D eigenvalue weighted by molar-refractivity contribution is 0.126. The van der Waals surface area contributed by atoms with Gasteiger partial charge < -0.3 is 10.6 Å². The molecular weight excluding hydrogens is 226 g/mol. The minimum absolute atomic E-state index is 0.484. The van der Waals surface area contributed by atoms with E-state index in [0.29, 0.717) is 11.9 Å². The van der Waals surface area contributed by atoms with Crippen molar-refractivity contribution in [2.45, 2.75) is 32.4 Å². The maximum Gasteiger partial charge on any atom is 0.141 e. The van der Waals surface area contributed by atoms with Crippen LogP contribution in [0.3, 0.4) is 0 Å². The van der Waals surface area contributed by atoms with Crippen LogP contribution in [0.2, 0.25) is 0 Å². The van der Waals surface area contributed by atoms with Crippen molar-refractivity contribution >= 4 is 5.82 Å². The van der Waals surface area contributed by atoms with E-state index in [1.165, 1.54) is 32.5 Å². The second-order valence-corrected chi connectivity index (χ2v) is 5.01. The van der Waals surface area contributed by atoms with Crippen LogP contribution in [-0.2, 0) is 6.54 Å². The lowest BCUT2D eigenvalue weighted by Gasteiger charge is -2.36. The van der Waals surface area contributed by atoms with E-state index in [2.05, 4.69) is 33.7 Å². The molecule has 0 unspecified atom stereocenters. The van der Waals surface area contributed by atoms with Crippen LogP contribution in [-0.4, -0.2) is 52.5 Å². The Kier molecular flexibility index (Phi) is 4.49. The smallest absolute Gasteiger partial charge is 0.141 e. The molecule has 0 aliphatic carbocycles. The van der Waals surface area contributed by atoms with Gasteiger partial charge in [-0.1, -0.05) is 6.92 Å². The topological polar surface area (TPSA) is 58.3 Å². The van der Waals surface area contributed by atoms with Crippen molar-refractivity contribution in [3.63, 3.8) is 0 Å². The van der Waals surface area contributed by atoms with Crippen molar-refractivity contribution < 1.29 is 0 Å². The Morgan fingerprint density at radius 1 is 1.33 bits per heavy atom. The highest BCUT2D eigenvalue weighted by atomic mass is 15.2. The van der Waals surface area contributed by atoms with E-state index in [4.69, 9.17) is 5.73 Å². The van der Waals surface area contributed by atoms with Crippen molar-refractivity contribution in [3.05, 3.63) is 18.1 Å². The molecule has 18 heavy (non-hydrogen) atoms. The van der Waals surface area contributed by atoms with E-state index in [-0.39, 0.29) is 0 Å². The van der Waals surface area contributed by atoms with E-state index >= 15 is 0 Å². The Morgan fingerprint density at radius 2 is 2.06 bits per heavy atom. The van der Waals surface area contributed by atoms with Gasteiger partial charge in [0.05, 0.1) is 18.1 Å². The highest BCUT2D eigenvalue weighted by molar-refractivity contribution is 5.22. The maximum absolute atomic E-state index is 5.54. The Morgan fingerprint density at radius 3 is 2.61 bits per heavy atom. The third-order valence-electron chi connectivity index (χ3n) is 3.76. The first-order chi connectivity index (χ1) is 8.69. The second-order valence-electron chi connectivity index (χ2n) is 5.01. The van der Waals surface area contributed by atoms with E-state index in [0.717, 1.165) is 12.2 Å². The number of aromatic nitrogens is 2. The number of likely N-dealkylation sites (tertiary alicyclic amines) is 1. The molecule has 0 bridgehead atoms. The Labute approximate surface area is 109 Å². The molecule has 0 amide bonds. The van der Waals surface area contributed by atoms with Crippen molar-refractivity contribution in [2.75, 3.05) is 32.4 Å². The summed E-state index contributed by atoms with van der Waals surface area (Å²) in [6, 6.07) is 0.659. The molecule has 5 heteroatoms. The van der Waals surface area contributed by atoms with Gasteiger partial charge in [0.15, 0.2) is 0 Å². The van der Waals surface area contributed by atoms with Gasteiger partial charge in [-0.25, -0.2) is 4.98 Å². The highest BCUT2D eigenvalue weighted by Gasteiger charge is 2.21. The lowest BCUT2D eigenvalue weighted by atomic mass is 10.0. The predicted octanol–water partition coefficient (Wildman–Crippen LogP) is 0.975. The molecule has 1 aromatic rings. The quantitative estimate of drug-likeness (QED) is 0.862. The fourth-order valence-corrected chi connectivity index (χ4v) is 2.51. The van der Waals surface area contributed by atoms with Gasteiger partial charge in [-0.2, -0.15) is 0 Å². The van der Waals surface area contributed by atoms with Gasteiger partial charge >= 0.3 is 0 Å². The van der Waals surface area contributed by atoms with Gasteiger partial charge in [-0.15, -0.1) is 0 Å². The lowest BCUT2D eigenvalue weighted by Crippen LogP contribution is -2.43. The molecule has 0 atom stereocenters. The molecule has 2 rings (SSSR count). The zero-order valence-corrected chi connectivity index (χ0v) is 11.3. The molecule has 0 radical (unpaired) electrons. The Bertz CT molecular complexity index is 356. The number of nitrogen functional groups attached to an aromatic ring is 1. The largest absolute Gasteiger partial charge is 0.382 e. The summed E-state index contributed by atoms with van der Waals surface area (Å²) in [5.74, 6) is 0.484. The number of rotatable bonds is 4. The summed E-state index contributed by atoms with van der Waals surface area (Å²) in [5, 5.41) is 0. The summed E-state index contributed by atoms with van der Waals surface area (Å²) in [7, 11) is 2.17. The fourth-order valence-electron chi connectivity index (χ4n) is 2.51. The predicted molar refractivity (Wildman–Crippen MR) is 73.0 cm³/mol. The third kappa shape index (κ3) is 3.40. The molecule has 1 aromatic heterocycles. The summed E-state index contributed by atoms with van der Waals surface area (Å²) in [6.45, 7) is 6.66. The van der Waals surface area contributed by atoms with E-state index in [1.54, 1.807) is 12.4 Å². The maximum atomic E-state index is 5.54. The monoisotopic (exact) mass is 249 g/mol. The first-order valence-electron chi connectivity index (χ1n) is 6.68. The van der Waals surface area contributed by atoms with Crippen molar-refractivity contribution in [2.24, 2.45) is 0 Å². The molecule has 2 heterocycles. The zero-order valence-electron chi connectivity index (χ0n) is 11.3. The molecule has 1 fully saturated rings. The van der Waals surface area contributed by atoms with Crippen LogP contribution in [0.25, 0.3) is 0 Å². The molecule has 2 N–H and O–H groups in total. The highest BCUT2D eigenvalue weighted by Crippen LogP contribution is 2.16. The van der Waals surface area contributed by atoms with Crippen LogP contribution < -0.4 is 5.73 Å². The van der Waals surface area contributed by atoms with Gasteiger partial charge in [-0.3, -0.25) is 9.88 Å². The van der Waals surface area contributed by atoms with Gasteiger partial charge in [0.25, 0.3) is 0 Å². The number of anilines is 1. The van der Waals surface area contributed by atoms with Crippen molar-refractivity contribution in [1.29, 1.82) is 0 Å². The van der Waals surface area contributed by atoms with Gasteiger partial charge in [0, 0.05) is 12.6 Å². The van der Waals surface area contributed by atoms with Gasteiger partial charge in [0.2, 0.25) is 0 Å². The van der Waals surface area contributed by atoms with Crippen LogP contribution in [0.15, 0.2) is 12.4 Å². The summed E-state index contributed by atoms with van der Waals surface area (Å²) in [5.41, 5.74) is 6.53. The molecule has 1 aliphatic heterocycles. The molecule has 1 aliphatic rings. The SMILES string of the molecule is CCN1CCC(N(C)Cc2cnc(N)cn2)CC1. The first-order valence-corrected chi connectivity index (χ1v) is 6.68. The molecular formula is C13H23N5. The molecule has 5 nitrogen and oxygen atoms in total. The molecule has 100 valence electrons. The standard InChI is InChI=1S/C13H23N5/c1-3-18-6-4-12(5-7-18)17(2)10-11-8-16-13(14)9-15-11/h8-9,12H,3-7,10H2,1-2H3,(H2,14,16). The molecule has 0 saturated carbocycles. The number of nitrogens with two attached hydrogens (primary N) is 1. The summed E-state index contributed by atoms with van der Waals surface area (Å²) >= 11 is 0. The molecule has 0 aromatic carbocycles. The normalized spacial score (nSPS) is 18.4. The number of piperidine rings is 1. The van der Waals surface area contributed by atoms with Crippen LogP contribution >= 0.6 is 0 Å². The van der Waals surface area contributed by atoms with Crippen molar-refractivity contribution in [3.8, 4) is 0 Å². The fraction of sp³-hybridized carbons (Fsp3) is 0.692. The zero-order chi connectivity index (χ0) is 13.0. The van der Waals surface area contributed by atoms with Crippen LogP contribution in [0.5, 0.6) is 0 Å². The number of hydrogen-bond donors (Lipinski definition) is 1. The Balaban J connectivity index is 1.85. The van der Waals surface area contributed by atoms with Crippen LogP contribution in [0.1, 0.15) is 25.5 Å². The molecule has 1 saturated heterocycles. The average molecular weight is 249 g/mol. The number of nitrogens with zero attached hydrogens (tertiary/aromatic N) is 4. The van der Waals surface area contributed by atoms with Gasteiger partial charge in [-0.05, 0) is 39.5 Å². The second kappa shape index (κ2) is 6.11. The summed E-state index contributed by atoms with van der Waals surface area (Å²) in [4.78, 5) is 13.3. The first kappa shape index (κ1) is 13.2. The van der Waals surface area contributed by atoms with Gasteiger partial charge in [0.1, 0.15) is 5.82 Å². The average Bonchev–Trinajstić information content (AvgIpc) is 2.41. The minimum Gasteiger partial charge on any atom is -0.382 e. The van der Waals surface area contributed by atoms with E-state index in [9.17, 15) is 0 Å². The summed E-state index contributed by atoms with van der Waals surface area (Å²) in [6.07, 6.45) is 5.88. The van der Waals surface area contributed by atoms with E-state index in [1.807, 2.05) is 0 Å². The van der Waals surface area contributed by atoms with Crippen LogP contribution in [0.4, 0.5) is 5.82 Å². The van der Waals surface area contributed by atoms with Crippen LogP contribution in [0, 0.1) is 0 Å². The van der Waals surface area contributed by atoms with Crippen molar-refractivity contribution in [1.82, 2.24) is 19.8 Å². The minimum atomic E-state index is 0.484. The third-order valence-corrected chi connectivity index (χ3v) is 3.76. The molecule has 0 spiro atoms. The Hall–Kier alpha value is -1.20. The summed E-state index contributed by atoms with van der Waals surface area (Å²) < 4.78 is 0. The van der Waals surface area contributed by atoms with E-state index < -0.39 is 0 Å². The number of hydrogen-bond acceptors (Lipinski definition) is 5.